The van der Waals surface area contributed by atoms with Crippen molar-refractivity contribution in [2.75, 3.05) is 32.1 Å². The van der Waals surface area contributed by atoms with Crippen LogP contribution < -0.4 is 5.32 Å². The molecule has 1 aliphatic rings. The molecule has 5 heteroatoms. The first kappa shape index (κ1) is 12.8. The Hall–Kier alpha value is -1.62. The van der Waals surface area contributed by atoms with E-state index in [1.807, 2.05) is 17.9 Å². The predicted octanol–water partition coefficient (Wildman–Crippen LogP) is 1.37. The predicted molar refractivity (Wildman–Crippen MR) is 69.7 cm³/mol. The van der Waals surface area contributed by atoms with Crippen molar-refractivity contribution in [3.05, 3.63) is 24.0 Å². The highest BCUT2D eigenvalue weighted by molar-refractivity contribution is 5.99. The third kappa shape index (κ3) is 2.79. The normalized spacial score (nSPS) is 20.3. The minimum Gasteiger partial charge on any atom is -0.387 e. The number of hydrogen-bond donors (Lipinski definition) is 1. The van der Waals surface area contributed by atoms with Gasteiger partial charge in [0, 0.05) is 44.8 Å². The van der Waals surface area contributed by atoms with Crippen molar-refractivity contribution in [2.45, 2.75) is 19.4 Å². The summed E-state index contributed by atoms with van der Waals surface area (Å²) in [4.78, 5) is 18.3. The molecule has 1 saturated heterocycles. The molecule has 1 aliphatic heterocycles. The number of pyridine rings is 1. The maximum Gasteiger partial charge on any atom is 0.257 e. The van der Waals surface area contributed by atoms with Crippen LogP contribution in [-0.2, 0) is 4.74 Å². The second-order valence-electron chi connectivity index (χ2n) is 4.46. The lowest BCUT2D eigenvalue weighted by Gasteiger charge is -2.23. The summed E-state index contributed by atoms with van der Waals surface area (Å²) in [6, 6.07) is 1.81. The third-order valence-electron chi connectivity index (χ3n) is 3.06. The Labute approximate surface area is 107 Å². The molecule has 2 rings (SSSR count). The minimum absolute atomic E-state index is 0.0183. The van der Waals surface area contributed by atoms with Gasteiger partial charge in [0.05, 0.1) is 11.7 Å². The molecule has 0 radical (unpaired) electrons. The number of carbonyl (C=O) groups is 1. The van der Waals surface area contributed by atoms with E-state index < -0.39 is 0 Å². The van der Waals surface area contributed by atoms with Crippen molar-refractivity contribution >= 4 is 11.6 Å². The lowest BCUT2D eigenvalue weighted by molar-refractivity contribution is 0.0563. The van der Waals surface area contributed by atoms with Gasteiger partial charge in [0.2, 0.25) is 0 Å². The summed E-state index contributed by atoms with van der Waals surface area (Å²) in [7, 11) is 1.81. The van der Waals surface area contributed by atoms with Gasteiger partial charge in [0.15, 0.2) is 0 Å². The van der Waals surface area contributed by atoms with Crippen LogP contribution in [0.5, 0.6) is 0 Å². The minimum atomic E-state index is 0.0183. The van der Waals surface area contributed by atoms with Gasteiger partial charge in [0.1, 0.15) is 0 Å². The number of aromatic nitrogens is 1. The van der Waals surface area contributed by atoms with Crippen molar-refractivity contribution in [1.82, 2.24) is 9.88 Å². The van der Waals surface area contributed by atoms with Crippen LogP contribution in [0.4, 0.5) is 5.69 Å². The van der Waals surface area contributed by atoms with E-state index >= 15 is 0 Å². The van der Waals surface area contributed by atoms with Gasteiger partial charge >= 0.3 is 0 Å². The molecule has 18 heavy (non-hydrogen) atoms. The van der Waals surface area contributed by atoms with Crippen LogP contribution in [0.3, 0.4) is 0 Å². The zero-order chi connectivity index (χ0) is 13.0. The average Bonchev–Trinajstić information content (AvgIpc) is 2.62. The van der Waals surface area contributed by atoms with Gasteiger partial charge in [-0.25, -0.2) is 0 Å². The molecule has 98 valence electrons. The lowest BCUT2D eigenvalue weighted by Crippen LogP contribution is -2.36. The van der Waals surface area contributed by atoms with Crippen LogP contribution in [0.1, 0.15) is 23.7 Å². The fraction of sp³-hybridized carbons (Fsp3) is 0.538. The lowest BCUT2D eigenvalue weighted by atomic mass is 10.2. The third-order valence-corrected chi connectivity index (χ3v) is 3.06. The summed E-state index contributed by atoms with van der Waals surface area (Å²) < 4.78 is 5.55. The Morgan fingerprint density at radius 2 is 2.44 bits per heavy atom. The maximum atomic E-state index is 12.5. The first-order valence-electron chi connectivity index (χ1n) is 6.25. The maximum absolute atomic E-state index is 12.5. The molecular weight excluding hydrogens is 230 g/mol. The van der Waals surface area contributed by atoms with E-state index in [0.717, 1.165) is 25.3 Å². The Morgan fingerprint density at radius 3 is 3.22 bits per heavy atom. The van der Waals surface area contributed by atoms with E-state index in [4.69, 9.17) is 4.74 Å². The van der Waals surface area contributed by atoms with E-state index in [0.29, 0.717) is 12.1 Å². The number of amides is 1. The molecule has 1 amide bonds. The molecule has 1 aromatic rings. The quantitative estimate of drug-likeness (QED) is 0.860. The van der Waals surface area contributed by atoms with E-state index in [-0.39, 0.29) is 12.0 Å². The number of nitrogens with one attached hydrogen (secondary N) is 1. The fourth-order valence-corrected chi connectivity index (χ4v) is 2.13. The first-order valence-corrected chi connectivity index (χ1v) is 6.25. The van der Waals surface area contributed by atoms with Crippen LogP contribution in [0.15, 0.2) is 18.5 Å². The number of carbonyl (C=O) groups excluding carboxylic acids is 1. The number of nitrogens with zero attached hydrogens (tertiary/aromatic N) is 2. The zero-order valence-corrected chi connectivity index (χ0v) is 10.8. The largest absolute Gasteiger partial charge is 0.387 e. The monoisotopic (exact) mass is 249 g/mol. The molecule has 1 aromatic heterocycles. The molecule has 0 aromatic carbocycles. The SMILES string of the molecule is CNc1ccncc1C(=O)N1CCCOC(C)C1. The van der Waals surface area contributed by atoms with E-state index in [1.165, 1.54) is 0 Å². The van der Waals surface area contributed by atoms with Gasteiger partial charge in [-0.1, -0.05) is 0 Å². The highest BCUT2D eigenvalue weighted by atomic mass is 16.5. The Balaban J connectivity index is 2.19. The molecule has 1 N–H and O–H groups in total. The summed E-state index contributed by atoms with van der Waals surface area (Å²) in [5.41, 5.74) is 1.43. The summed E-state index contributed by atoms with van der Waals surface area (Å²) in [6.45, 7) is 4.09. The van der Waals surface area contributed by atoms with Gasteiger partial charge in [-0.2, -0.15) is 0 Å². The summed E-state index contributed by atoms with van der Waals surface area (Å²) in [6.07, 6.45) is 4.26. The van der Waals surface area contributed by atoms with Gasteiger partial charge in [-0.05, 0) is 19.4 Å². The van der Waals surface area contributed by atoms with E-state index in [9.17, 15) is 4.79 Å². The summed E-state index contributed by atoms with van der Waals surface area (Å²) in [5, 5.41) is 3.02. The summed E-state index contributed by atoms with van der Waals surface area (Å²) in [5.74, 6) is 0.0183. The van der Waals surface area contributed by atoms with Crippen LogP contribution in [0.2, 0.25) is 0 Å². The van der Waals surface area contributed by atoms with Crippen molar-refractivity contribution in [1.29, 1.82) is 0 Å². The van der Waals surface area contributed by atoms with Crippen LogP contribution >= 0.6 is 0 Å². The summed E-state index contributed by atoms with van der Waals surface area (Å²) >= 11 is 0. The van der Waals surface area contributed by atoms with Crippen LogP contribution in [0.25, 0.3) is 0 Å². The highest BCUT2D eigenvalue weighted by Gasteiger charge is 2.22. The van der Waals surface area contributed by atoms with Gasteiger partial charge in [0.25, 0.3) is 5.91 Å². The molecule has 1 unspecified atom stereocenters. The van der Waals surface area contributed by atoms with Crippen molar-refractivity contribution in [3.63, 3.8) is 0 Å². The number of anilines is 1. The smallest absolute Gasteiger partial charge is 0.257 e. The molecule has 2 heterocycles. The first-order chi connectivity index (χ1) is 8.72. The molecule has 0 saturated carbocycles. The fourth-order valence-electron chi connectivity index (χ4n) is 2.13. The van der Waals surface area contributed by atoms with Gasteiger partial charge in [-0.3, -0.25) is 9.78 Å². The standard InChI is InChI=1S/C13H19N3O2/c1-10-9-16(6-3-7-18-10)13(17)11-8-15-5-4-12(11)14-2/h4-5,8,10H,3,6-7,9H2,1-2H3,(H,14,15). The Bertz CT molecular complexity index is 422. The molecule has 0 spiro atoms. The average molecular weight is 249 g/mol. The molecule has 5 nitrogen and oxygen atoms in total. The second kappa shape index (κ2) is 5.82. The second-order valence-corrected chi connectivity index (χ2v) is 4.46. The van der Waals surface area contributed by atoms with E-state index in [2.05, 4.69) is 10.3 Å². The molecule has 0 bridgehead atoms. The number of ether oxygens (including phenoxy) is 1. The highest BCUT2D eigenvalue weighted by Crippen LogP contribution is 2.17. The molecule has 1 fully saturated rings. The number of rotatable bonds is 2. The number of hydrogen-bond acceptors (Lipinski definition) is 4. The zero-order valence-electron chi connectivity index (χ0n) is 10.8. The van der Waals surface area contributed by atoms with Crippen molar-refractivity contribution in [3.8, 4) is 0 Å². The molecular formula is C13H19N3O2. The van der Waals surface area contributed by atoms with Crippen molar-refractivity contribution < 1.29 is 9.53 Å². The van der Waals surface area contributed by atoms with Gasteiger partial charge in [-0.15, -0.1) is 0 Å². The van der Waals surface area contributed by atoms with Crippen molar-refractivity contribution in [2.24, 2.45) is 0 Å². The topological polar surface area (TPSA) is 54.5 Å². The Kier molecular flexibility index (Phi) is 4.15. The van der Waals surface area contributed by atoms with Gasteiger partial charge < -0.3 is 15.0 Å². The van der Waals surface area contributed by atoms with Crippen LogP contribution in [-0.4, -0.2) is 48.6 Å². The van der Waals surface area contributed by atoms with Crippen LogP contribution in [0, 0.1) is 0 Å². The van der Waals surface area contributed by atoms with E-state index in [1.54, 1.807) is 19.4 Å². The molecule has 1 atom stereocenters. The molecule has 0 aliphatic carbocycles. The Morgan fingerprint density at radius 1 is 1.61 bits per heavy atom.